The zero-order chi connectivity index (χ0) is 13.0. The average molecular weight is 265 g/mol. The van der Waals surface area contributed by atoms with E-state index in [1.807, 2.05) is 31.1 Å². The van der Waals surface area contributed by atoms with Gasteiger partial charge in [-0.15, -0.1) is 11.3 Å². The average Bonchev–Trinajstić information content (AvgIpc) is 2.90. The van der Waals surface area contributed by atoms with Crippen LogP contribution in [0.4, 0.5) is 0 Å². The van der Waals surface area contributed by atoms with Crippen molar-refractivity contribution < 1.29 is 0 Å². The van der Waals surface area contributed by atoms with Crippen molar-refractivity contribution in [1.29, 1.82) is 0 Å². The van der Waals surface area contributed by atoms with Gasteiger partial charge in [0, 0.05) is 37.9 Å². The van der Waals surface area contributed by atoms with Gasteiger partial charge in [0.2, 0.25) is 0 Å². The summed E-state index contributed by atoms with van der Waals surface area (Å²) in [4.78, 5) is 11.1. The van der Waals surface area contributed by atoms with Crippen LogP contribution in [0.1, 0.15) is 16.5 Å². The normalized spacial score (nSPS) is 11.3. The summed E-state index contributed by atoms with van der Waals surface area (Å²) >= 11 is 1.71. The standard InChI is InChI=1S/C12H19N5S/c1-13-6-12-15-10(9-18-12)7-16(2)8-11-14-4-5-17(11)3/h4-5,9,13H,6-8H2,1-3H3. The molecule has 0 fully saturated rings. The number of nitrogens with zero attached hydrogens (tertiary/aromatic N) is 4. The van der Waals surface area contributed by atoms with Gasteiger partial charge < -0.3 is 9.88 Å². The molecule has 98 valence electrons. The molecule has 2 heterocycles. The lowest BCUT2D eigenvalue weighted by atomic mass is 10.4. The molecule has 0 saturated heterocycles. The van der Waals surface area contributed by atoms with Crippen molar-refractivity contribution >= 4 is 11.3 Å². The minimum absolute atomic E-state index is 0.836. The summed E-state index contributed by atoms with van der Waals surface area (Å²) in [6.07, 6.45) is 3.80. The summed E-state index contributed by atoms with van der Waals surface area (Å²) in [5, 5.41) is 6.38. The van der Waals surface area contributed by atoms with Crippen molar-refractivity contribution in [2.75, 3.05) is 14.1 Å². The maximum Gasteiger partial charge on any atom is 0.122 e. The van der Waals surface area contributed by atoms with Crippen LogP contribution in [-0.2, 0) is 26.7 Å². The van der Waals surface area contributed by atoms with Gasteiger partial charge in [0.15, 0.2) is 0 Å². The van der Waals surface area contributed by atoms with Gasteiger partial charge in [-0.3, -0.25) is 4.90 Å². The first-order chi connectivity index (χ1) is 8.69. The molecule has 1 N–H and O–H groups in total. The highest BCUT2D eigenvalue weighted by Crippen LogP contribution is 2.12. The van der Waals surface area contributed by atoms with E-state index in [-0.39, 0.29) is 0 Å². The molecule has 18 heavy (non-hydrogen) atoms. The molecule has 0 amide bonds. The first-order valence-electron chi connectivity index (χ1n) is 5.91. The van der Waals surface area contributed by atoms with Gasteiger partial charge in [-0.2, -0.15) is 0 Å². The highest BCUT2D eigenvalue weighted by molar-refractivity contribution is 7.09. The van der Waals surface area contributed by atoms with E-state index in [2.05, 4.69) is 32.6 Å². The van der Waals surface area contributed by atoms with Crippen LogP contribution < -0.4 is 5.32 Å². The minimum atomic E-state index is 0.836. The molecule has 0 saturated carbocycles. The van der Waals surface area contributed by atoms with Crippen LogP contribution in [0, 0.1) is 0 Å². The van der Waals surface area contributed by atoms with E-state index in [1.54, 1.807) is 11.3 Å². The molecule has 0 aliphatic rings. The second-order valence-corrected chi connectivity index (χ2v) is 5.33. The maximum absolute atomic E-state index is 4.58. The fourth-order valence-electron chi connectivity index (χ4n) is 1.78. The molecule has 0 bridgehead atoms. The Morgan fingerprint density at radius 2 is 2.28 bits per heavy atom. The van der Waals surface area contributed by atoms with E-state index in [9.17, 15) is 0 Å². The lowest BCUT2D eigenvalue weighted by Gasteiger charge is -2.14. The van der Waals surface area contributed by atoms with Crippen molar-refractivity contribution in [2.24, 2.45) is 7.05 Å². The number of hydrogen-bond acceptors (Lipinski definition) is 5. The molecule has 0 spiro atoms. The Morgan fingerprint density at radius 3 is 2.94 bits per heavy atom. The van der Waals surface area contributed by atoms with Gasteiger partial charge in [-0.1, -0.05) is 0 Å². The molecule has 0 aliphatic heterocycles. The summed E-state index contributed by atoms with van der Waals surface area (Å²) in [7, 11) is 6.05. The third-order valence-electron chi connectivity index (χ3n) is 2.69. The first-order valence-corrected chi connectivity index (χ1v) is 6.79. The summed E-state index contributed by atoms with van der Waals surface area (Å²) in [6, 6.07) is 0. The van der Waals surface area contributed by atoms with Crippen LogP contribution >= 0.6 is 11.3 Å². The van der Waals surface area contributed by atoms with Gasteiger partial charge in [0.05, 0.1) is 12.2 Å². The Bertz CT molecular complexity index is 490. The fourth-order valence-corrected chi connectivity index (χ4v) is 2.57. The molecule has 0 aliphatic carbocycles. The number of rotatable bonds is 6. The number of aromatic nitrogens is 3. The molecular formula is C12H19N5S. The zero-order valence-corrected chi connectivity index (χ0v) is 11.9. The SMILES string of the molecule is CNCc1nc(CN(C)Cc2nccn2C)cs1. The molecule has 2 aromatic heterocycles. The molecular weight excluding hydrogens is 246 g/mol. The van der Waals surface area contributed by atoms with Gasteiger partial charge in [0.1, 0.15) is 10.8 Å². The van der Waals surface area contributed by atoms with Gasteiger partial charge in [-0.25, -0.2) is 9.97 Å². The maximum atomic E-state index is 4.58. The molecule has 2 rings (SSSR count). The summed E-state index contributed by atoms with van der Waals surface area (Å²) in [5.74, 6) is 1.07. The lowest BCUT2D eigenvalue weighted by Crippen LogP contribution is -2.19. The Hall–Kier alpha value is -1.24. The van der Waals surface area contributed by atoms with Crippen LogP contribution in [-0.4, -0.2) is 33.5 Å². The summed E-state index contributed by atoms with van der Waals surface area (Å²) in [5.41, 5.74) is 1.13. The smallest absolute Gasteiger partial charge is 0.122 e. The number of thiazole rings is 1. The van der Waals surface area contributed by atoms with Crippen LogP contribution in [0.25, 0.3) is 0 Å². The van der Waals surface area contributed by atoms with Gasteiger partial charge in [-0.05, 0) is 14.1 Å². The van der Waals surface area contributed by atoms with Crippen molar-refractivity contribution in [3.8, 4) is 0 Å². The third kappa shape index (κ3) is 3.38. The van der Waals surface area contributed by atoms with E-state index in [4.69, 9.17) is 0 Å². The fraction of sp³-hybridized carbons (Fsp3) is 0.500. The molecule has 5 nitrogen and oxygen atoms in total. The quantitative estimate of drug-likeness (QED) is 0.853. The summed E-state index contributed by atoms with van der Waals surface area (Å²) in [6.45, 7) is 2.53. The van der Waals surface area contributed by atoms with Crippen LogP contribution in [0.3, 0.4) is 0 Å². The van der Waals surface area contributed by atoms with E-state index < -0.39 is 0 Å². The van der Waals surface area contributed by atoms with E-state index in [0.717, 1.165) is 36.2 Å². The van der Waals surface area contributed by atoms with Crippen LogP contribution in [0.2, 0.25) is 0 Å². The largest absolute Gasteiger partial charge is 0.337 e. The highest BCUT2D eigenvalue weighted by atomic mass is 32.1. The van der Waals surface area contributed by atoms with E-state index in [1.165, 1.54) is 0 Å². The zero-order valence-electron chi connectivity index (χ0n) is 11.1. The third-order valence-corrected chi connectivity index (χ3v) is 3.59. The molecule has 2 aromatic rings. The highest BCUT2D eigenvalue weighted by Gasteiger charge is 2.08. The minimum Gasteiger partial charge on any atom is -0.337 e. The Balaban J connectivity index is 1.90. The monoisotopic (exact) mass is 265 g/mol. The lowest BCUT2D eigenvalue weighted by molar-refractivity contribution is 0.304. The number of nitrogens with one attached hydrogen (secondary N) is 1. The number of imidazole rings is 1. The Labute approximate surface area is 111 Å². The molecule has 0 radical (unpaired) electrons. The van der Waals surface area contributed by atoms with E-state index in [0.29, 0.717) is 0 Å². The van der Waals surface area contributed by atoms with Crippen molar-refractivity contribution in [3.63, 3.8) is 0 Å². The van der Waals surface area contributed by atoms with Crippen LogP contribution in [0.15, 0.2) is 17.8 Å². The predicted molar refractivity (Wildman–Crippen MR) is 73.3 cm³/mol. The van der Waals surface area contributed by atoms with E-state index >= 15 is 0 Å². The van der Waals surface area contributed by atoms with Crippen molar-refractivity contribution in [1.82, 2.24) is 24.8 Å². The first kappa shape index (κ1) is 13.2. The Morgan fingerprint density at radius 1 is 1.44 bits per heavy atom. The second-order valence-electron chi connectivity index (χ2n) is 4.39. The van der Waals surface area contributed by atoms with Gasteiger partial charge >= 0.3 is 0 Å². The van der Waals surface area contributed by atoms with Crippen molar-refractivity contribution in [3.05, 3.63) is 34.3 Å². The van der Waals surface area contributed by atoms with Crippen LogP contribution in [0.5, 0.6) is 0 Å². The predicted octanol–water partition coefficient (Wildman–Crippen LogP) is 1.23. The summed E-state index contributed by atoms with van der Waals surface area (Å²) < 4.78 is 2.05. The second kappa shape index (κ2) is 6.08. The Kier molecular flexibility index (Phi) is 4.46. The van der Waals surface area contributed by atoms with Crippen molar-refractivity contribution in [2.45, 2.75) is 19.6 Å². The topological polar surface area (TPSA) is 46.0 Å². The molecule has 0 aromatic carbocycles. The molecule has 0 unspecified atom stereocenters. The van der Waals surface area contributed by atoms with Gasteiger partial charge in [0.25, 0.3) is 0 Å². The molecule has 0 atom stereocenters. The molecule has 6 heteroatoms. The number of hydrogen-bond donors (Lipinski definition) is 1. The number of aryl methyl sites for hydroxylation is 1.